The average Bonchev–Trinajstić information content (AvgIpc) is 2.19. The molecule has 0 aromatic rings. The van der Waals surface area contributed by atoms with Crippen LogP contribution in [0.1, 0.15) is 12.8 Å². The van der Waals surface area contributed by atoms with Crippen LogP contribution in [-0.2, 0) is 4.74 Å². The molecular formula is C6H11NaO2. The molecule has 1 aliphatic heterocycles. The summed E-state index contributed by atoms with van der Waals surface area (Å²) in [6.45, 7) is 1.75. The summed E-state index contributed by atoms with van der Waals surface area (Å²) >= 11 is 0. The molecule has 1 aliphatic rings. The van der Waals surface area contributed by atoms with Gasteiger partial charge in [0, 0.05) is 13.2 Å². The Morgan fingerprint density at radius 2 is 2.33 bits per heavy atom. The van der Waals surface area contributed by atoms with Crippen molar-refractivity contribution in [1.29, 1.82) is 0 Å². The third kappa shape index (κ3) is 3.58. The van der Waals surface area contributed by atoms with Crippen molar-refractivity contribution in [1.82, 2.24) is 0 Å². The summed E-state index contributed by atoms with van der Waals surface area (Å²) in [5.41, 5.74) is 0. The smallest absolute Gasteiger partial charge is 0.854 e. The zero-order valence-electron chi connectivity index (χ0n) is 5.93. The SMILES string of the molecule is [Na+].[O-]CC[C@H]1CCOC1. The molecule has 1 fully saturated rings. The summed E-state index contributed by atoms with van der Waals surface area (Å²) in [7, 11) is 0. The van der Waals surface area contributed by atoms with Gasteiger partial charge in [-0.25, -0.2) is 0 Å². The molecule has 3 heteroatoms. The number of hydrogen-bond donors (Lipinski definition) is 0. The second-order valence-corrected chi connectivity index (χ2v) is 2.22. The van der Waals surface area contributed by atoms with E-state index in [0.29, 0.717) is 5.92 Å². The Morgan fingerprint density at radius 3 is 2.78 bits per heavy atom. The molecule has 0 spiro atoms. The molecule has 1 rings (SSSR count). The third-order valence-corrected chi connectivity index (χ3v) is 1.55. The van der Waals surface area contributed by atoms with E-state index in [1.165, 1.54) is 0 Å². The fraction of sp³-hybridized carbons (Fsp3) is 1.00. The monoisotopic (exact) mass is 138 g/mol. The minimum Gasteiger partial charge on any atom is -0.854 e. The van der Waals surface area contributed by atoms with Crippen molar-refractivity contribution in [3.63, 3.8) is 0 Å². The van der Waals surface area contributed by atoms with Crippen molar-refractivity contribution in [2.75, 3.05) is 19.8 Å². The van der Waals surface area contributed by atoms with Crippen molar-refractivity contribution in [3.8, 4) is 0 Å². The number of ether oxygens (including phenoxy) is 1. The van der Waals surface area contributed by atoms with E-state index >= 15 is 0 Å². The summed E-state index contributed by atoms with van der Waals surface area (Å²) in [4.78, 5) is 0. The van der Waals surface area contributed by atoms with Crippen LogP contribution in [0.5, 0.6) is 0 Å². The van der Waals surface area contributed by atoms with Gasteiger partial charge < -0.3 is 9.84 Å². The molecule has 2 nitrogen and oxygen atoms in total. The number of rotatable bonds is 2. The molecule has 9 heavy (non-hydrogen) atoms. The molecule has 0 bridgehead atoms. The quantitative estimate of drug-likeness (QED) is 0.376. The van der Waals surface area contributed by atoms with Gasteiger partial charge in [0.05, 0.1) is 0 Å². The van der Waals surface area contributed by atoms with Gasteiger partial charge in [-0.2, -0.15) is 0 Å². The van der Waals surface area contributed by atoms with Crippen molar-refractivity contribution < 1.29 is 39.4 Å². The van der Waals surface area contributed by atoms with Gasteiger partial charge in [-0.05, 0) is 12.3 Å². The normalized spacial score (nSPS) is 25.7. The second-order valence-electron chi connectivity index (χ2n) is 2.22. The molecule has 48 valence electrons. The van der Waals surface area contributed by atoms with Gasteiger partial charge in [-0.3, -0.25) is 0 Å². The summed E-state index contributed by atoms with van der Waals surface area (Å²) in [6, 6.07) is 0. The van der Waals surface area contributed by atoms with Gasteiger partial charge in [0.25, 0.3) is 0 Å². The van der Waals surface area contributed by atoms with Crippen LogP contribution in [-0.4, -0.2) is 19.8 Å². The summed E-state index contributed by atoms with van der Waals surface area (Å²) in [5.74, 6) is 0.576. The Bertz CT molecular complexity index is 62.1. The molecule has 0 N–H and O–H groups in total. The van der Waals surface area contributed by atoms with E-state index in [1.807, 2.05) is 0 Å². The Hall–Kier alpha value is 0.920. The fourth-order valence-electron chi connectivity index (χ4n) is 0.978. The van der Waals surface area contributed by atoms with E-state index in [1.54, 1.807) is 0 Å². The van der Waals surface area contributed by atoms with E-state index < -0.39 is 0 Å². The third-order valence-electron chi connectivity index (χ3n) is 1.55. The Kier molecular flexibility index (Phi) is 6.27. The Labute approximate surface area is 77.9 Å². The topological polar surface area (TPSA) is 32.3 Å². The first-order chi connectivity index (χ1) is 3.93. The molecule has 1 heterocycles. The van der Waals surface area contributed by atoms with Gasteiger partial charge in [0.15, 0.2) is 0 Å². The van der Waals surface area contributed by atoms with Crippen LogP contribution in [0.2, 0.25) is 0 Å². The fourth-order valence-corrected chi connectivity index (χ4v) is 0.978. The van der Waals surface area contributed by atoms with Crippen LogP contribution in [0.4, 0.5) is 0 Å². The zero-order chi connectivity index (χ0) is 5.82. The van der Waals surface area contributed by atoms with Crippen LogP contribution >= 0.6 is 0 Å². The molecule has 1 atom stereocenters. The molecule has 0 aromatic carbocycles. The Morgan fingerprint density at radius 1 is 1.56 bits per heavy atom. The van der Waals surface area contributed by atoms with Gasteiger partial charge in [-0.1, -0.05) is 6.42 Å². The van der Waals surface area contributed by atoms with E-state index in [2.05, 4.69) is 0 Å². The summed E-state index contributed by atoms with van der Waals surface area (Å²) in [5, 5.41) is 10.0. The van der Waals surface area contributed by atoms with Crippen LogP contribution in [0.3, 0.4) is 0 Å². The summed E-state index contributed by atoms with van der Waals surface area (Å²) < 4.78 is 5.07. The molecule has 0 unspecified atom stereocenters. The molecule has 0 aromatic heterocycles. The minimum atomic E-state index is 0. The minimum absolute atomic E-state index is 0. The van der Waals surface area contributed by atoms with Crippen molar-refractivity contribution in [2.24, 2.45) is 5.92 Å². The van der Waals surface area contributed by atoms with Gasteiger partial charge in [-0.15, -0.1) is 6.61 Å². The maximum absolute atomic E-state index is 10.0. The summed E-state index contributed by atoms with van der Waals surface area (Å²) in [6.07, 6.45) is 1.90. The molecule has 0 amide bonds. The van der Waals surface area contributed by atoms with Crippen LogP contribution < -0.4 is 34.7 Å². The first-order valence-electron chi connectivity index (χ1n) is 3.09. The zero-order valence-corrected chi connectivity index (χ0v) is 7.93. The standard InChI is InChI=1S/C6H11O2.Na/c7-3-1-6-2-4-8-5-6;/h6H,1-5H2;/q-1;+1/t6-;/m0./s1. The van der Waals surface area contributed by atoms with Gasteiger partial charge >= 0.3 is 29.6 Å². The largest absolute Gasteiger partial charge is 1.00 e. The second kappa shape index (κ2) is 5.69. The first kappa shape index (κ1) is 9.92. The molecule has 0 saturated carbocycles. The Balaban J connectivity index is 0.000000640. The van der Waals surface area contributed by atoms with Gasteiger partial charge in [0.1, 0.15) is 0 Å². The van der Waals surface area contributed by atoms with Crippen LogP contribution in [0.25, 0.3) is 0 Å². The number of hydrogen-bond acceptors (Lipinski definition) is 2. The van der Waals surface area contributed by atoms with Crippen molar-refractivity contribution in [3.05, 3.63) is 0 Å². The van der Waals surface area contributed by atoms with E-state index in [0.717, 1.165) is 26.1 Å². The average molecular weight is 138 g/mol. The maximum Gasteiger partial charge on any atom is 1.00 e. The predicted octanol–water partition coefficient (Wildman–Crippen LogP) is -3.22. The molecule has 0 radical (unpaired) electrons. The molecular weight excluding hydrogens is 127 g/mol. The van der Waals surface area contributed by atoms with Crippen LogP contribution in [0, 0.1) is 5.92 Å². The van der Waals surface area contributed by atoms with E-state index in [4.69, 9.17) is 4.74 Å². The van der Waals surface area contributed by atoms with E-state index in [-0.39, 0.29) is 36.2 Å². The maximum atomic E-state index is 10.0. The molecule has 0 aliphatic carbocycles. The van der Waals surface area contributed by atoms with E-state index in [9.17, 15) is 5.11 Å². The van der Waals surface area contributed by atoms with Crippen LogP contribution in [0.15, 0.2) is 0 Å². The first-order valence-corrected chi connectivity index (χ1v) is 3.09. The van der Waals surface area contributed by atoms with Crippen molar-refractivity contribution in [2.45, 2.75) is 12.8 Å². The molecule has 1 saturated heterocycles. The predicted molar refractivity (Wildman–Crippen MR) is 28.4 cm³/mol. The van der Waals surface area contributed by atoms with Crippen molar-refractivity contribution >= 4 is 0 Å². The van der Waals surface area contributed by atoms with Gasteiger partial charge in [0.2, 0.25) is 0 Å².